The SMILES string of the molecule is CC(COC(=O)NS(=O)(=O)N1CCc2ccccc2C1)c1ccccc1. The normalized spacial score (nSPS) is 15.7. The molecule has 1 amide bonds. The first-order valence-electron chi connectivity index (χ1n) is 8.52. The van der Waals surface area contributed by atoms with Crippen molar-refractivity contribution in [2.75, 3.05) is 13.2 Å². The summed E-state index contributed by atoms with van der Waals surface area (Å²) in [6.07, 6.45) is -0.330. The Hall–Kier alpha value is -2.38. The number of hydrogen-bond donors (Lipinski definition) is 1. The minimum atomic E-state index is -3.93. The number of amides is 1. The number of fused-ring (bicyclic) bond motifs is 1. The fraction of sp³-hybridized carbons (Fsp3) is 0.316. The van der Waals surface area contributed by atoms with Crippen LogP contribution in [0.2, 0.25) is 0 Å². The number of hydrogen-bond acceptors (Lipinski definition) is 4. The summed E-state index contributed by atoms with van der Waals surface area (Å²) in [7, 11) is -3.93. The van der Waals surface area contributed by atoms with Crippen molar-refractivity contribution in [3.63, 3.8) is 0 Å². The fourth-order valence-electron chi connectivity index (χ4n) is 2.95. The van der Waals surface area contributed by atoms with Crippen LogP contribution in [0.1, 0.15) is 29.5 Å². The number of ether oxygens (including phenoxy) is 1. The van der Waals surface area contributed by atoms with Gasteiger partial charge in [0.05, 0.1) is 6.61 Å². The van der Waals surface area contributed by atoms with Gasteiger partial charge in [-0.05, 0) is 23.1 Å². The third-order valence-electron chi connectivity index (χ3n) is 4.48. The molecular weight excluding hydrogens is 352 g/mol. The largest absolute Gasteiger partial charge is 0.448 e. The van der Waals surface area contributed by atoms with E-state index in [1.807, 2.05) is 66.2 Å². The van der Waals surface area contributed by atoms with Crippen molar-refractivity contribution >= 4 is 16.3 Å². The molecule has 1 heterocycles. The van der Waals surface area contributed by atoms with Gasteiger partial charge in [0.2, 0.25) is 0 Å². The summed E-state index contributed by atoms with van der Waals surface area (Å²) in [5.41, 5.74) is 3.11. The summed E-state index contributed by atoms with van der Waals surface area (Å²) < 4.78 is 33.2. The highest BCUT2D eigenvalue weighted by molar-refractivity contribution is 7.87. The Kier molecular flexibility index (Phi) is 5.58. The number of carbonyl (C=O) groups excluding carboxylic acids is 1. The van der Waals surface area contributed by atoms with E-state index in [1.165, 1.54) is 4.31 Å². The van der Waals surface area contributed by atoms with Gasteiger partial charge < -0.3 is 4.74 Å². The third kappa shape index (κ3) is 4.42. The van der Waals surface area contributed by atoms with Crippen LogP contribution in [0.5, 0.6) is 0 Å². The zero-order valence-corrected chi connectivity index (χ0v) is 15.4. The first-order chi connectivity index (χ1) is 12.5. The van der Waals surface area contributed by atoms with Crippen LogP contribution in [0, 0.1) is 0 Å². The van der Waals surface area contributed by atoms with Crippen molar-refractivity contribution in [1.29, 1.82) is 0 Å². The van der Waals surface area contributed by atoms with Gasteiger partial charge >= 0.3 is 16.3 Å². The van der Waals surface area contributed by atoms with E-state index in [1.54, 1.807) is 0 Å². The first kappa shape index (κ1) is 18.4. The van der Waals surface area contributed by atoms with Crippen molar-refractivity contribution in [2.45, 2.75) is 25.8 Å². The van der Waals surface area contributed by atoms with Gasteiger partial charge in [0.1, 0.15) is 0 Å². The lowest BCUT2D eigenvalue weighted by molar-refractivity contribution is 0.146. The van der Waals surface area contributed by atoms with Crippen LogP contribution in [-0.4, -0.2) is 32.0 Å². The van der Waals surface area contributed by atoms with Crippen molar-refractivity contribution in [1.82, 2.24) is 9.03 Å². The molecule has 1 N–H and O–H groups in total. The maximum Gasteiger partial charge on any atom is 0.421 e. The topological polar surface area (TPSA) is 75.7 Å². The van der Waals surface area contributed by atoms with E-state index in [-0.39, 0.29) is 19.1 Å². The van der Waals surface area contributed by atoms with E-state index >= 15 is 0 Å². The highest BCUT2D eigenvalue weighted by Crippen LogP contribution is 2.20. The van der Waals surface area contributed by atoms with Crippen molar-refractivity contribution in [3.8, 4) is 0 Å². The molecule has 6 nitrogen and oxygen atoms in total. The smallest absolute Gasteiger partial charge is 0.421 e. The molecule has 0 bridgehead atoms. The number of rotatable bonds is 5. The molecule has 1 aliphatic rings. The molecule has 0 aliphatic carbocycles. The summed E-state index contributed by atoms with van der Waals surface area (Å²) in [4.78, 5) is 11.9. The molecule has 2 aromatic carbocycles. The second-order valence-corrected chi connectivity index (χ2v) is 8.04. The summed E-state index contributed by atoms with van der Waals surface area (Å²) in [5, 5.41) is 0. The number of nitrogens with zero attached hydrogens (tertiary/aromatic N) is 1. The zero-order valence-electron chi connectivity index (χ0n) is 14.6. The van der Waals surface area contributed by atoms with E-state index in [9.17, 15) is 13.2 Å². The summed E-state index contributed by atoms with van der Waals surface area (Å²) in [5.74, 6) is -0.0217. The molecule has 0 aromatic heterocycles. The lowest BCUT2D eigenvalue weighted by Gasteiger charge is -2.27. The zero-order chi connectivity index (χ0) is 18.6. The molecule has 0 saturated heterocycles. The van der Waals surface area contributed by atoms with Gasteiger partial charge in [-0.25, -0.2) is 9.52 Å². The van der Waals surface area contributed by atoms with E-state index in [0.29, 0.717) is 13.0 Å². The highest BCUT2D eigenvalue weighted by atomic mass is 32.2. The summed E-state index contributed by atoms with van der Waals surface area (Å²) in [6, 6.07) is 17.3. The fourth-order valence-corrected chi connectivity index (χ4v) is 3.99. The van der Waals surface area contributed by atoms with Crippen LogP contribution < -0.4 is 4.72 Å². The predicted molar refractivity (Wildman–Crippen MR) is 98.8 cm³/mol. The Bertz CT molecular complexity index is 868. The average Bonchev–Trinajstić information content (AvgIpc) is 2.66. The van der Waals surface area contributed by atoms with Crippen LogP contribution in [-0.2, 0) is 27.9 Å². The maximum absolute atomic E-state index is 12.4. The predicted octanol–water partition coefficient (Wildman–Crippen LogP) is 2.82. The van der Waals surface area contributed by atoms with Crippen LogP contribution in [0.15, 0.2) is 54.6 Å². The van der Waals surface area contributed by atoms with Gasteiger partial charge in [-0.3, -0.25) is 0 Å². The molecule has 0 spiro atoms. The lowest BCUT2D eigenvalue weighted by Crippen LogP contribution is -2.45. The van der Waals surface area contributed by atoms with Crippen LogP contribution in [0.4, 0.5) is 4.79 Å². The van der Waals surface area contributed by atoms with Gasteiger partial charge in [-0.1, -0.05) is 61.5 Å². The molecule has 2 aromatic rings. The molecule has 7 heteroatoms. The number of carbonyl (C=O) groups is 1. The molecule has 1 unspecified atom stereocenters. The molecule has 3 rings (SSSR count). The van der Waals surface area contributed by atoms with Crippen molar-refractivity contribution in [2.24, 2.45) is 0 Å². The van der Waals surface area contributed by atoms with E-state index < -0.39 is 16.3 Å². The van der Waals surface area contributed by atoms with Gasteiger partial charge in [0, 0.05) is 19.0 Å². The molecule has 0 radical (unpaired) electrons. The quantitative estimate of drug-likeness (QED) is 0.873. The van der Waals surface area contributed by atoms with Gasteiger partial charge in [-0.2, -0.15) is 12.7 Å². The van der Waals surface area contributed by atoms with E-state index in [0.717, 1.165) is 16.7 Å². The minimum Gasteiger partial charge on any atom is -0.448 e. The Balaban J connectivity index is 1.55. The average molecular weight is 374 g/mol. The molecular formula is C19H22N2O4S. The van der Waals surface area contributed by atoms with Gasteiger partial charge in [-0.15, -0.1) is 0 Å². The Labute approximate surface area is 154 Å². The monoisotopic (exact) mass is 374 g/mol. The van der Waals surface area contributed by atoms with Crippen molar-refractivity contribution in [3.05, 3.63) is 71.3 Å². The van der Waals surface area contributed by atoms with E-state index in [2.05, 4.69) is 0 Å². The highest BCUT2D eigenvalue weighted by Gasteiger charge is 2.28. The number of nitrogens with one attached hydrogen (secondary N) is 1. The standard InChI is InChI=1S/C19H22N2O4S/c1-15(16-7-3-2-4-8-16)14-25-19(22)20-26(23,24)21-12-11-17-9-5-6-10-18(17)13-21/h2-10,15H,11-14H2,1H3,(H,20,22). The van der Waals surface area contributed by atoms with E-state index in [4.69, 9.17) is 4.74 Å². The Morgan fingerprint density at radius 3 is 2.50 bits per heavy atom. The van der Waals surface area contributed by atoms with Crippen LogP contribution >= 0.6 is 0 Å². The molecule has 1 atom stereocenters. The Morgan fingerprint density at radius 2 is 1.77 bits per heavy atom. The molecule has 138 valence electrons. The lowest BCUT2D eigenvalue weighted by atomic mass is 10.0. The van der Waals surface area contributed by atoms with Crippen LogP contribution in [0.25, 0.3) is 0 Å². The first-order valence-corrected chi connectivity index (χ1v) is 9.96. The summed E-state index contributed by atoms with van der Waals surface area (Å²) in [6.45, 7) is 2.60. The maximum atomic E-state index is 12.4. The molecule has 26 heavy (non-hydrogen) atoms. The molecule has 0 saturated carbocycles. The van der Waals surface area contributed by atoms with Crippen molar-refractivity contribution < 1.29 is 17.9 Å². The van der Waals surface area contributed by atoms with Gasteiger partial charge in [0.15, 0.2) is 0 Å². The van der Waals surface area contributed by atoms with Crippen LogP contribution in [0.3, 0.4) is 0 Å². The minimum absolute atomic E-state index is 0.0217. The summed E-state index contributed by atoms with van der Waals surface area (Å²) >= 11 is 0. The second kappa shape index (κ2) is 7.88. The Morgan fingerprint density at radius 1 is 1.12 bits per heavy atom. The second-order valence-electron chi connectivity index (χ2n) is 6.37. The van der Waals surface area contributed by atoms with Gasteiger partial charge in [0.25, 0.3) is 0 Å². The number of benzene rings is 2. The molecule has 0 fully saturated rings. The third-order valence-corrected chi connectivity index (χ3v) is 5.90. The molecule has 1 aliphatic heterocycles.